The Labute approximate surface area is 152 Å². The smallest absolute Gasteiger partial charge is 0.346 e. The van der Waals surface area contributed by atoms with E-state index in [-0.39, 0.29) is 17.3 Å². The molecule has 0 atom stereocenters. The zero-order chi connectivity index (χ0) is 19.6. The number of nitrogens with zero attached hydrogens (tertiary/aromatic N) is 3. The topological polar surface area (TPSA) is 71.8 Å². The third-order valence-corrected chi connectivity index (χ3v) is 4.61. The first-order chi connectivity index (χ1) is 12.8. The van der Waals surface area contributed by atoms with E-state index in [1.807, 2.05) is 0 Å². The van der Waals surface area contributed by atoms with Crippen LogP contribution in [0.3, 0.4) is 0 Å². The van der Waals surface area contributed by atoms with Crippen LogP contribution in [-0.2, 0) is 12.7 Å². The third kappa shape index (κ3) is 4.26. The molecule has 10 heteroatoms. The number of piperidine rings is 1. The largest absolute Gasteiger partial charge is 0.416 e. The molecule has 0 unspecified atom stereocenters. The Balaban J connectivity index is 1.73. The van der Waals surface area contributed by atoms with Crippen LogP contribution in [0.25, 0.3) is 0 Å². The molecular weight excluding hydrogens is 366 g/mol. The van der Waals surface area contributed by atoms with Gasteiger partial charge in [0.05, 0.1) is 17.3 Å². The van der Waals surface area contributed by atoms with Crippen molar-refractivity contribution >= 4 is 5.91 Å². The summed E-state index contributed by atoms with van der Waals surface area (Å²) in [5, 5.41) is 13.6. The summed E-state index contributed by atoms with van der Waals surface area (Å²) in [6, 6.07) is 2.49. The van der Waals surface area contributed by atoms with E-state index < -0.39 is 30.0 Å². The highest BCUT2D eigenvalue weighted by molar-refractivity contribution is 5.93. The van der Waals surface area contributed by atoms with Crippen LogP contribution in [0.1, 0.15) is 46.2 Å². The number of hydrogen-bond acceptors (Lipinski definition) is 4. The molecule has 2 aromatic rings. The lowest BCUT2D eigenvalue weighted by Gasteiger charge is -2.23. The number of aromatic nitrogens is 3. The van der Waals surface area contributed by atoms with Gasteiger partial charge in [0.2, 0.25) is 0 Å². The highest BCUT2D eigenvalue weighted by Gasteiger charge is 2.34. The fourth-order valence-corrected chi connectivity index (χ4v) is 3.17. The van der Waals surface area contributed by atoms with Gasteiger partial charge in [-0.3, -0.25) is 4.79 Å². The number of hydrogen-bond donors (Lipinski definition) is 2. The number of carbonyl (C=O) groups is 1. The van der Waals surface area contributed by atoms with Crippen molar-refractivity contribution in [3.8, 4) is 0 Å². The fraction of sp³-hybridized carbons (Fsp3) is 0.471. The predicted molar refractivity (Wildman–Crippen MR) is 88.5 cm³/mol. The van der Waals surface area contributed by atoms with Gasteiger partial charge in [-0.05, 0) is 50.6 Å². The zero-order valence-corrected chi connectivity index (χ0v) is 14.6. The van der Waals surface area contributed by atoms with Crippen LogP contribution in [0.5, 0.6) is 0 Å². The third-order valence-electron chi connectivity index (χ3n) is 4.61. The van der Waals surface area contributed by atoms with Crippen LogP contribution < -0.4 is 10.6 Å². The molecule has 1 amide bonds. The molecule has 1 aromatic carbocycles. The summed E-state index contributed by atoms with van der Waals surface area (Å²) in [7, 11) is 0. The SMILES string of the molecule is Cc1c(C(=O)NCc2ccc(F)cc2C(F)(F)F)nnn1C1CCNCC1. The number of benzene rings is 1. The molecule has 0 saturated carbocycles. The summed E-state index contributed by atoms with van der Waals surface area (Å²) in [6.07, 6.45) is -3.00. The molecule has 0 bridgehead atoms. The monoisotopic (exact) mass is 385 g/mol. The molecule has 0 spiro atoms. The maximum atomic E-state index is 13.2. The molecule has 1 fully saturated rings. The average molecular weight is 385 g/mol. The van der Waals surface area contributed by atoms with E-state index in [2.05, 4.69) is 20.9 Å². The number of nitrogens with one attached hydrogen (secondary N) is 2. The zero-order valence-electron chi connectivity index (χ0n) is 14.6. The summed E-state index contributed by atoms with van der Waals surface area (Å²) in [4.78, 5) is 12.4. The Kier molecular flexibility index (Phi) is 5.45. The second-order valence-corrected chi connectivity index (χ2v) is 6.43. The van der Waals surface area contributed by atoms with E-state index in [1.54, 1.807) is 11.6 Å². The molecule has 0 aliphatic carbocycles. The highest BCUT2D eigenvalue weighted by Crippen LogP contribution is 2.32. The van der Waals surface area contributed by atoms with E-state index >= 15 is 0 Å². The second kappa shape index (κ2) is 7.63. The van der Waals surface area contributed by atoms with E-state index in [0.717, 1.165) is 38.1 Å². The molecule has 1 aliphatic heterocycles. The van der Waals surface area contributed by atoms with Crippen LogP contribution in [0.4, 0.5) is 17.6 Å². The number of halogens is 4. The Hall–Kier alpha value is -2.49. The molecule has 27 heavy (non-hydrogen) atoms. The maximum absolute atomic E-state index is 13.2. The first-order valence-corrected chi connectivity index (χ1v) is 8.53. The van der Waals surface area contributed by atoms with Crippen molar-refractivity contribution in [2.45, 2.75) is 38.5 Å². The quantitative estimate of drug-likeness (QED) is 0.794. The van der Waals surface area contributed by atoms with E-state index in [4.69, 9.17) is 0 Å². The van der Waals surface area contributed by atoms with Gasteiger partial charge in [0, 0.05) is 6.54 Å². The summed E-state index contributed by atoms with van der Waals surface area (Å²) in [5.41, 5.74) is -0.697. The molecule has 2 N–H and O–H groups in total. The summed E-state index contributed by atoms with van der Waals surface area (Å²) >= 11 is 0. The van der Waals surface area contributed by atoms with Crippen LogP contribution in [0.2, 0.25) is 0 Å². The maximum Gasteiger partial charge on any atom is 0.416 e. The Bertz CT molecular complexity index is 827. The minimum Gasteiger partial charge on any atom is -0.346 e. The Morgan fingerprint density at radius 1 is 1.33 bits per heavy atom. The molecule has 146 valence electrons. The summed E-state index contributed by atoms with van der Waals surface area (Å²) < 4.78 is 54.0. The van der Waals surface area contributed by atoms with E-state index in [9.17, 15) is 22.4 Å². The molecule has 1 aromatic heterocycles. The fourth-order valence-electron chi connectivity index (χ4n) is 3.17. The van der Waals surface area contributed by atoms with Crippen molar-refractivity contribution in [2.24, 2.45) is 0 Å². The van der Waals surface area contributed by atoms with Crippen molar-refractivity contribution in [3.05, 3.63) is 46.5 Å². The Morgan fingerprint density at radius 2 is 2.04 bits per heavy atom. The molecule has 1 saturated heterocycles. The first kappa shape index (κ1) is 19.3. The number of amides is 1. The van der Waals surface area contributed by atoms with Crippen LogP contribution in [-0.4, -0.2) is 34.0 Å². The van der Waals surface area contributed by atoms with Gasteiger partial charge in [0.15, 0.2) is 5.69 Å². The van der Waals surface area contributed by atoms with Crippen LogP contribution in [0, 0.1) is 12.7 Å². The lowest BCUT2D eigenvalue weighted by molar-refractivity contribution is -0.138. The number of rotatable bonds is 4. The molecular formula is C17H19F4N5O. The standard InChI is InChI=1S/C17H19F4N5O/c1-10-15(24-25-26(10)13-4-6-22-7-5-13)16(27)23-9-11-2-3-12(18)8-14(11)17(19,20)21/h2-3,8,13,22H,4-7,9H2,1H3,(H,23,27). The van der Waals surface area contributed by atoms with Gasteiger partial charge in [-0.25, -0.2) is 9.07 Å². The molecule has 6 nitrogen and oxygen atoms in total. The van der Waals surface area contributed by atoms with Crippen molar-refractivity contribution < 1.29 is 22.4 Å². The van der Waals surface area contributed by atoms with Gasteiger partial charge in [-0.2, -0.15) is 13.2 Å². The van der Waals surface area contributed by atoms with Crippen LogP contribution in [0.15, 0.2) is 18.2 Å². The molecule has 3 rings (SSSR count). The second-order valence-electron chi connectivity index (χ2n) is 6.43. The average Bonchev–Trinajstić information content (AvgIpc) is 3.02. The predicted octanol–water partition coefficient (Wildman–Crippen LogP) is 2.60. The Morgan fingerprint density at radius 3 is 2.70 bits per heavy atom. The lowest BCUT2D eigenvalue weighted by Crippen LogP contribution is -2.30. The molecule has 0 radical (unpaired) electrons. The van der Waals surface area contributed by atoms with Gasteiger partial charge in [-0.1, -0.05) is 11.3 Å². The minimum atomic E-state index is -4.71. The molecule has 2 heterocycles. The summed E-state index contributed by atoms with van der Waals surface area (Å²) in [5.74, 6) is -1.61. The summed E-state index contributed by atoms with van der Waals surface area (Å²) in [6.45, 7) is 3.00. The first-order valence-electron chi connectivity index (χ1n) is 8.53. The van der Waals surface area contributed by atoms with Crippen molar-refractivity contribution in [1.82, 2.24) is 25.6 Å². The minimum absolute atomic E-state index is 0.0733. The van der Waals surface area contributed by atoms with E-state index in [1.165, 1.54) is 0 Å². The van der Waals surface area contributed by atoms with Gasteiger partial charge in [0.25, 0.3) is 5.91 Å². The van der Waals surface area contributed by atoms with Crippen molar-refractivity contribution in [3.63, 3.8) is 0 Å². The lowest BCUT2D eigenvalue weighted by atomic mass is 10.1. The number of alkyl halides is 3. The van der Waals surface area contributed by atoms with E-state index in [0.29, 0.717) is 11.8 Å². The van der Waals surface area contributed by atoms with Crippen molar-refractivity contribution in [2.75, 3.05) is 13.1 Å². The van der Waals surface area contributed by atoms with Gasteiger partial charge < -0.3 is 10.6 Å². The van der Waals surface area contributed by atoms with Gasteiger partial charge in [0.1, 0.15) is 5.82 Å². The normalized spacial score (nSPS) is 15.7. The number of carbonyl (C=O) groups excluding carboxylic acids is 1. The van der Waals surface area contributed by atoms with Gasteiger partial charge >= 0.3 is 6.18 Å². The van der Waals surface area contributed by atoms with Crippen LogP contribution >= 0.6 is 0 Å². The van der Waals surface area contributed by atoms with Crippen molar-refractivity contribution in [1.29, 1.82) is 0 Å². The van der Waals surface area contributed by atoms with Gasteiger partial charge in [-0.15, -0.1) is 5.10 Å². The molecule has 1 aliphatic rings. The highest BCUT2D eigenvalue weighted by atomic mass is 19.4.